The minimum atomic E-state index is -0.555. The van der Waals surface area contributed by atoms with Gasteiger partial charge in [0.25, 0.3) is 0 Å². The zero-order valence-electron chi connectivity index (χ0n) is 16.8. The summed E-state index contributed by atoms with van der Waals surface area (Å²) in [6.45, 7) is 2.24. The van der Waals surface area contributed by atoms with Gasteiger partial charge in [-0.3, -0.25) is 19.3 Å². The van der Waals surface area contributed by atoms with Crippen molar-refractivity contribution in [3.8, 4) is 0 Å². The van der Waals surface area contributed by atoms with Crippen molar-refractivity contribution >= 4 is 45.9 Å². The van der Waals surface area contributed by atoms with Crippen molar-refractivity contribution in [1.82, 2.24) is 4.90 Å². The van der Waals surface area contributed by atoms with Gasteiger partial charge in [0.15, 0.2) is 11.0 Å². The molecule has 1 atom stereocenters. The normalized spacial score (nSPS) is 17.4. The van der Waals surface area contributed by atoms with Crippen molar-refractivity contribution < 1.29 is 19.1 Å². The van der Waals surface area contributed by atoms with E-state index in [4.69, 9.17) is 4.74 Å². The molecule has 1 unspecified atom stereocenters. The minimum Gasteiger partial charge on any atom is -0.383 e. The molecule has 1 saturated heterocycles. The van der Waals surface area contributed by atoms with E-state index in [0.717, 1.165) is 5.69 Å². The van der Waals surface area contributed by atoms with Crippen molar-refractivity contribution in [3.63, 3.8) is 0 Å². The molecule has 1 heterocycles. The summed E-state index contributed by atoms with van der Waals surface area (Å²) < 4.78 is 5.11. The summed E-state index contributed by atoms with van der Waals surface area (Å²) in [5.74, 6) is -0.472. The van der Waals surface area contributed by atoms with Crippen molar-refractivity contribution in [1.29, 1.82) is 0 Å². The zero-order chi connectivity index (χ0) is 21.5. The van der Waals surface area contributed by atoms with Crippen LogP contribution in [0, 0.1) is 0 Å². The third-order valence-corrected chi connectivity index (χ3v) is 5.64. The molecule has 2 aromatic rings. The lowest BCUT2D eigenvalue weighted by molar-refractivity contribution is -0.128. The van der Waals surface area contributed by atoms with Gasteiger partial charge in [-0.15, -0.1) is 0 Å². The highest BCUT2D eigenvalue weighted by Crippen LogP contribution is 2.31. The molecule has 0 spiro atoms. The number of carbonyl (C=O) groups is 3. The quantitative estimate of drug-likeness (QED) is 0.654. The van der Waals surface area contributed by atoms with E-state index in [1.807, 2.05) is 30.3 Å². The second kappa shape index (κ2) is 10.2. The number of carbonyl (C=O) groups excluding carboxylic acids is 3. The minimum absolute atomic E-state index is 0.0231. The standard InChI is InChI=1S/C22H23N3O4S/c1-15(26)16-8-10-18(11-9-16)23-20(27)14-19-21(28)25(12-13-29-2)22(30-19)24-17-6-4-3-5-7-17/h3-11,19H,12-14H2,1-2H3,(H,23,27). The largest absolute Gasteiger partial charge is 0.383 e. The van der Waals surface area contributed by atoms with E-state index in [0.29, 0.717) is 29.6 Å². The number of para-hydroxylation sites is 1. The Bertz CT molecular complexity index is 945. The molecule has 8 heteroatoms. The van der Waals surface area contributed by atoms with Gasteiger partial charge in [-0.2, -0.15) is 0 Å². The Balaban J connectivity index is 1.69. The Morgan fingerprint density at radius 2 is 1.83 bits per heavy atom. The van der Waals surface area contributed by atoms with Gasteiger partial charge in [-0.25, -0.2) is 4.99 Å². The number of rotatable bonds is 8. The van der Waals surface area contributed by atoms with Gasteiger partial charge < -0.3 is 10.1 Å². The summed E-state index contributed by atoms with van der Waals surface area (Å²) in [7, 11) is 1.57. The predicted octanol–water partition coefficient (Wildman–Crippen LogP) is 3.50. The van der Waals surface area contributed by atoms with Gasteiger partial charge in [0, 0.05) is 24.8 Å². The molecule has 1 fully saturated rings. The van der Waals surface area contributed by atoms with Crippen LogP contribution in [0.15, 0.2) is 59.6 Å². The first-order valence-corrected chi connectivity index (χ1v) is 10.4. The molecule has 156 valence electrons. The highest BCUT2D eigenvalue weighted by atomic mass is 32.2. The number of benzene rings is 2. The summed E-state index contributed by atoms with van der Waals surface area (Å²) in [6.07, 6.45) is 0.0231. The fourth-order valence-electron chi connectivity index (χ4n) is 2.90. The van der Waals surface area contributed by atoms with Crippen molar-refractivity contribution in [2.75, 3.05) is 25.6 Å². The number of amidine groups is 1. The molecule has 0 bridgehead atoms. The Labute approximate surface area is 179 Å². The number of anilines is 1. The first-order valence-electron chi connectivity index (χ1n) is 9.49. The van der Waals surface area contributed by atoms with Gasteiger partial charge in [-0.1, -0.05) is 30.0 Å². The topological polar surface area (TPSA) is 88.1 Å². The van der Waals surface area contributed by atoms with Crippen LogP contribution in [0.1, 0.15) is 23.7 Å². The summed E-state index contributed by atoms with van der Waals surface area (Å²) in [5, 5.41) is 2.79. The average molecular weight is 426 g/mol. The van der Waals surface area contributed by atoms with E-state index in [9.17, 15) is 14.4 Å². The second-order valence-electron chi connectivity index (χ2n) is 6.70. The maximum Gasteiger partial charge on any atom is 0.242 e. The van der Waals surface area contributed by atoms with Crippen LogP contribution in [-0.2, 0) is 14.3 Å². The zero-order valence-corrected chi connectivity index (χ0v) is 17.6. The molecule has 1 aliphatic rings. The number of nitrogens with one attached hydrogen (secondary N) is 1. The molecule has 3 rings (SSSR count). The van der Waals surface area contributed by atoms with Crippen LogP contribution in [0.2, 0.25) is 0 Å². The molecule has 0 radical (unpaired) electrons. The van der Waals surface area contributed by atoms with Gasteiger partial charge in [0.05, 0.1) is 18.8 Å². The molecule has 0 aromatic heterocycles. The maximum absolute atomic E-state index is 12.9. The summed E-state index contributed by atoms with van der Waals surface area (Å²) in [5.41, 5.74) is 1.89. The van der Waals surface area contributed by atoms with Gasteiger partial charge >= 0.3 is 0 Å². The van der Waals surface area contributed by atoms with E-state index in [2.05, 4.69) is 10.3 Å². The highest BCUT2D eigenvalue weighted by molar-refractivity contribution is 8.15. The Kier molecular flexibility index (Phi) is 7.37. The number of ketones is 1. The number of hydrogen-bond acceptors (Lipinski definition) is 6. The van der Waals surface area contributed by atoms with Gasteiger partial charge in [-0.05, 0) is 43.3 Å². The van der Waals surface area contributed by atoms with E-state index >= 15 is 0 Å². The van der Waals surface area contributed by atoms with Crippen LogP contribution in [0.4, 0.5) is 11.4 Å². The lowest BCUT2D eigenvalue weighted by atomic mass is 10.1. The van der Waals surface area contributed by atoms with E-state index in [1.54, 1.807) is 36.3 Å². The Morgan fingerprint density at radius 3 is 2.47 bits per heavy atom. The van der Waals surface area contributed by atoms with E-state index < -0.39 is 5.25 Å². The van der Waals surface area contributed by atoms with Crippen LogP contribution in [-0.4, -0.2) is 53.2 Å². The maximum atomic E-state index is 12.9. The molecule has 2 amide bonds. The van der Waals surface area contributed by atoms with Crippen LogP contribution < -0.4 is 5.32 Å². The number of ether oxygens (including phenoxy) is 1. The Morgan fingerprint density at radius 1 is 1.13 bits per heavy atom. The number of methoxy groups -OCH3 is 1. The Hall–Kier alpha value is -2.97. The number of hydrogen-bond donors (Lipinski definition) is 1. The fourth-order valence-corrected chi connectivity index (χ4v) is 4.08. The van der Waals surface area contributed by atoms with Gasteiger partial charge in [0.1, 0.15) is 5.25 Å². The first-order chi connectivity index (χ1) is 14.5. The number of Topliss-reactive ketones (excluding diaryl/α,β-unsaturated/α-hetero) is 1. The average Bonchev–Trinajstić information content (AvgIpc) is 3.01. The number of thioether (sulfide) groups is 1. The summed E-state index contributed by atoms with van der Waals surface area (Å²) in [4.78, 5) is 42.9. The van der Waals surface area contributed by atoms with Crippen molar-refractivity contribution in [2.45, 2.75) is 18.6 Å². The first kappa shape index (κ1) is 21.7. The van der Waals surface area contributed by atoms with Crippen molar-refractivity contribution in [3.05, 3.63) is 60.2 Å². The molecule has 2 aromatic carbocycles. The molecular formula is C22H23N3O4S. The molecule has 30 heavy (non-hydrogen) atoms. The van der Waals surface area contributed by atoms with Crippen LogP contribution in [0.3, 0.4) is 0 Å². The fraction of sp³-hybridized carbons (Fsp3) is 0.273. The molecule has 0 saturated carbocycles. The number of amides is 2. The number of aliphatic imine (C=N–C) groups is 1. The second-order valence-corrected chi connectivity index (χ2v) is 7.87. The third-order valence-electron chi connectivity index (χ3n) is 4.47. The highest BCUT2D eigenvalue weighted by Gasteiger charge is 2.39. The molecule has 1 N–H and O–H groups in total. The lowest BCUT2D eigenvalue weighted by Gasteiger charge is -2.15. The molecular weight excluding hydrogens is 402 g/mol. The SMILES string of the molecule is COCCN1C(=O)C(CC(=O)Nc2ccc(C(C)=O)cc2)SC1=Nc1ccccc1. The molecule has 0 aliphatic carbocycles. The van der Waals surface area contributed by atoms with Crippen LogP contribution >= 0.6 is 11.8 Å². The number of nitrogens with zero attached hydrogens (tertiary/aromatic N) is 2. The summed E-state index contributed by atoms with van der Waals surface area (Å²) in [6, 6.07) is 16.0. The lowest BCUT2D eigenvalue weighted by Crippen LogP contribution is -2.35. The molecule has 7 nitrogen and oxygen atoms in total. The summed E-state index contributed by atoms with van der Waals surface area (Å²) >= 11 is 1.28. The smallest absolute Gasteiger partial charge is 0.242 e. The van der Waals surface area contributed by atoms with Crippen LogP contribution in [0.25, 0.3) is 0 Å². The monoisotopic (exact) mass is 425 g/mol. The van der Waals surface area contributed by atoms with E-state index in [-0.39, 0.29) is 24.0 Å². The molecule has 1 aliphatic heterocycles. The van der Waals surface area contributed by atoms with Crippen LogP contribution in [0.5, 0.6) is 0 Å². The van der Waals surface area contributed by atoms with E-state index in [1.165, 1.54) is 18.7 Å². The van der Waals surface area contributed by atoms with Crippen molar-refractivity contribution in [2.24, 2.45) is 4.99 Å². The van der Waals surface area contributed by atoms with Gasteiger partial charge in [0.2, 0.25) is 11.8 Å². The predicted molar refractivity (Wildman–Crippen MR) is 118 cm³/mol. The third kappa shape index (κ3) is 5.55.